The Balaban J connectivity index is 0. The van der Waals surface area contributed by atoms with Crippen LogP contribution < -0.4 is 10.6 Å². The molecule has 0 aromatic heterocycles. The van der Waals surface area contributed by atoms with E-state index in [4.69, 9.17) is 0 Å². The highest BCUT2D eigenvalue weighted by atomic mass is 33.1. The molecule has 0 aromatic rings. The molecular weight excluding hydrogens is 280 g/mol. The first-order valence-corrected chi connectivity index (χ1v) is 9.12. The Morgan fingerprint density at radius 1 is 1.11 bits per heavy atom. The molecule has 0 bridgehead atoms. The SMILES string of the molecule is CC.CNC(=O)CC(C)SSCCC(=O)NC(C)C. The lowest BCUT2D eigenvalue weighted by Gasteiger charge is -2.10. The molecule has 0 rings (SSSR count). The molecule has 2 N–H and O–H groups in total. The summed E-state index contributed by atoms with van der Waals surface area (Å²) in [6.07, 6.45) is 1.05. The average molecular weight is 309 g/mol. The number of hydrogen-bond donors (Lipinski definition) is 2. The van der Waals surface area contributed by atoms with Gasteiger partial charge in [-0.25, -0.2) is 0 Å². The van der Waals surface area contributed by atoms with Crippen molar-refractivity contribution in [3.63, 3.8) is 0 Å². The van der Waals surface area contributed by atoms with E-state index in [1.54, 1.807) is 28.6 Å². The topological polar surface area (TPSA) is 58.2 Å². The molecule has 0 heterocycles. The Kier molecular flexibility index (Phi) is 15.5. The number of carbonyl (C=O) groups excluding carboxylic acids is 2. The number of nitrogens with one attached hydrogen (secondary N) is 2. The molecular formula is C13H28N2O2S2. The minimum absolute atomic E-state index is 0.0585. The molecule has 0 aliphatic rings. The van der Waals surface area contributed by atoms with E-state index in [-0.39, 0.29) is 23.1 Å². The summed E-state index contributed by atoms with van der Waals surface area (Å²) < 4.78 is 0. The summed E-state index contributed by atoms with van der Waals surface area (Å²) in [6.45, 7) is 9.91. The van der Waals surface area contributed by atoms with Gasteiger partial charge in [0.2, 0.25) is 11.8 Å². The van der Waals surface area contributed by atoms with Gasteiger partial charge in [0.05, 0.1) is 0 Å². The first kappa shape index (κ1) is 20.9. The van der Waals surface area contributed by atoms with Crippen LogP contribution in [0.5, 0.6) is 0 Å². The van der Waals surface area contributed by atoms with Crippen LogP contribution in [0.3, 0.4) is 0 Å². The fourth-order valence-corrected chi connectivity index (χ4v) is 3.35. The lowest BCUT2D eigenvalue weighted by Crippen LogP contribution is -2.30. The van der Waals surface area contributed by atoms with Gasteiger partial charge in [0, 0.05) is 36.9 Å². The van der Waals surface area contributed by atoms with Crippen molar-refractivity contribution in [1.29, 1.82) is 0 Å². The van der Waals surface area contributed by atoms with Crippen molar-refractivity contribution in [1.82, 2.24) is 10.6 Å². The van der Waals surface area contributed by atoms with Crippen molar-refractivity contribution in [2.75, 3.05) is 12.8 Å². The fourth-order valence-electron chi connectivity index (χ4n) is 1.09. The Morgan fingerprint density at radius 2 is 1.68 bits per heavy atom. The molecule has 114 valence electrons. The molecule has 0 spiro atoms. The minimum atomic E-state index is 0.0585. The van der Waals surface area contributed by atoms with Crippen LogP contribution in [0.1, 0.15) is 47.5 Å². The van der Waals surface area contributed by atoms with E-state index in [1.165, 1.54) is 0 Å². The molecule has 0 fully saturated rings. The zero-order chi connectivity index (χ0) is 15.3. The summed E-state index contributed by atoms with van der Waals surface area (Å²) in [4.78, 5) is 22.4. The molecule has 0 aromatic carbocycles. The second kappa shape index (κ2) is 14.1. The first-order chi connectivity index (χ1) is 8.95. The summed E-state index contributed by atoms with van der Waals surface area (Å²) in [5.74, 6) is 0.927. The average Bonchev–Trinajstić information content (AvgIpc) is 2.36. The smallest absolute Gasteiger partial charge is 0.221 e. The molecule has 0 aliphatic carbocycles. The normalized spacial score (nSPS) is 11.3. The first-order valence-electron chi connectivity index (χ1n) is 6.74. The zero-order valence-electron chi connectivity index (χ0n) is 12.9. The summed E-state index contributed by atoms with van der Waals surface area (Å²) in [5.41, 5.74) is 0. The molecule has 19 heavy (non-hydrogen) atoms. The fraction of sp³-hybridized carbons (Fsp3) is 0.846. The maximum Gasteiger partial charge on any atom is 0.221 e. The molecule has 0 aliphatic heterocycles. The third-order valence-electron chi connectivity index (χ3n) is 1.85. The third-order valence-corrected chi connectivity index (χ3v) is 4.74. The molecule has 0 saturated carbocycles. The van der Waals surface area contributed by atoms with Gasteiger partial charge >= 0.3 is 0 Å². The molecule has 1 unspecified atom stereocenters. The van der Waals surface area contributed by atoms with Crippen LogP contribution in [-0.2, 0) is 9.59 Å². The van der Waals surface area contributed by atoms with E-state index in [1.807, 2.05) is 34.6 Å². The van der Waals surface area contributed by atoms with Gasteiger partial charge in [-0.3, -0.25) is 9.59 Å². The third kappa shape index (κ3) is 15.6. The monoisotopic (exact) mass is 308 g/mol. The highest BCUT2D eigenvalue weighted by Gasteiger charge is 2.09. The highest BCUT2D eigenvalue weighted by Crippen LogP contribution is 2.28. The Bertz CT molecular complexity index is 249. The van der Waals surface area contributed by atoms with Gasteiger partial charge in [0.1, 0.15) is 0 Å². The van der Waals surface area contributed by atoms with Gasteiger partial charge in [-0.1, -0.05) is 42.4 Å². The molecule has 6 heteroatoms. The molecule has 0 radical (unpaired) electrons. The number of rotatable bonds is 8. The highest BCUT2D eigenvalue weighted by molar-refractivity contribution is 8.76. The van der Waals surface area contributed by atoms with Crippen molar-refractivity contribution in [2.45, 2.75) is 58.8 Å². The quantitative estimate of drug-likeness (QED) is 0.535. The van der Waals surface area contributed by atoms with Gasteiger partial charge in [-0.05, 0) is 13.8 Å². The van der Waals surface area contributed by atoms with E-state index in [0.29, 0.717) is 12.8 Å². The van der Waals surface area contributed by atoms with Crippen LogP contribution in [0.25, 0.3) is 0 Å². The van der Waals surface area contributed by atoms with Crippen molar-refractivity contribution < 1.29 is 9.59 Å². The van der Waals surface area contributed by atoms with Gasteiger partial charge < -0.3 is 10.6 Å². The van der Waals surface area contributed by atoms with Crippen molar-refractivity contribution in [3.05, 3.63) is 0 Å². The van der Waals surface area contributed by atoms with E-state index >= 15 is 0 Å². The van der Waals surface area contributed by atoms with Gasteiger partial charge in [-0.2, -0.15) is 0 Å². The lowest BCUT2D eigenvalue weighted by atomic mass is 10.3. The van der Waals surface area contributed by atoms with Gasteiger partial charge in [0.25, 0.3) is 0 Å². The zero-order valence-corrected chi connectivity index (χ0v) is 14.5. The summed E-state index contributed by atoms with van der Waals surface area (Å²) in [7, 11) is 4.94. The maximum atomic E-state index is 11.3. The Labute approximate surface area is 125 Å². The Morgan fingerprint density at radius 3 is 2.16 bits per heavy atom. The van der Waals surface area contributed by atoms with Crippen molar-refractivity contribution in [3.8, 4) is 0 Å². The predicted molar refractivity (Wildman–Crippen MR) is 87.4 cm³/mol. The van der Waals surface area contributed by atoms with Crippen LogP contribution in [0, 0.1) is 0 Å². The maximum absolute atomic E-state index is 11.3. The number of carbonyl (C=O) groups is 2. The van der Waals surface area contributed by atoms with Crippen LogP contribution in [0.4, 0.5) is 0 Å². The molecule has 1 atom stereocenters. The van der Waals surface area contributed by atoms with E-state index < -0.39 is 0 Å². The largest absolute Gasteiger partial charge is 0.359 e. The second-order valence-corrected chi connectivity index (χ2v) is 7.00. The van der Waals surface area contributed by atoms with Crippen LogP contribution >= 0.6 is 21.6 Å². The Hall–Kier alpha value is -0.360. The van der Waals surface area contributed by atoms with Gasteiger partial charge in [0.15, 0.2) is 0 Å². The van der Waals surface area contributed by atoms with Crippen molar-refractivity contribution in [2.24, 2.45) is 0 Å². The minimum Gasteiger partial charge on any atom is -0.359 e. The number of amides is 2. The molecule has 2 amide bonds. The standard InChI is InChI=1S/C11H22N2O2S2.C2H6/c1-8(2)13-10(14)5-6-16-17-9(3)7-11(15)12-4;1-2/h8-9H,5-7H2,1-4H3,(H,12,15)(H,13,14);1-2H3. The summed E-state index contributed by atoms with van der Waals surface area (Å²) >= 11 is 0. The summed E-state index contributed by atoms with van der Waals surface area (Å²) in [6, 6.07) is 0.201. The lowest BCUT2D eigenvalue weighted by molar-refractivity contribution is -0.121. The van der Waals surface area contributed by atoms with E-state index in [0.717, 1.165) is 5.75 Å². The van der Waals surface area contributed by atoms with Crippen LogP contribution in [-0.4, -0.2) is 35.9 Å². The van der Waals surface area contributed by atoms with E-state index in [2.05, 4.69) is 10.6 Å². The predicted octanol–water partition coefficient (Wildman–Crippen LogP) is 2.83. The second-order valence-electron chi connectivity index (χ2n) is 4.08. The van der Waals surface area contributed by atoms with Crippen LogP contribution in [0.15, 0.2) is 0 Å². The van der Waals surface area contributed by atoms with Gasteiger partial charge in [-0.15, -0.1) is 0 Å². The van der Waals surface area contributed by atoms with Crippen molar-refractivity contribution >= 4 is 33.4 Å². The molecule has 0 saturated heterocycles. The van der Waals surface area contributed by atoms with E-state index in [9.17, 15) is 9.59 Å². The summed E-state index contributed by atoms with van der Waals surface area (Å²) in [5, 5.41) is 5.72. The number of hydrogen-bond acceptors (Lipinski definition) is 4. The molecule has 4 nitrogen and oxygen atoms in total. The van der Waals surface area contributed by atoms with Crippen LogP contribution in [0.2, 0.25) is 0 Å².